The van der Waals surface area contributed by atoms with Gasteiger partial charge in [-0.3, -0.25) is 4.72 Å². The maximum absolute atomic E-state index is 12.2. The van der Waals surface area contributed by atoms with Crippen LogP contribution in [0.5, 0.6) is 0 Å². The third-order valence-corrected chi connectivity index (χ3v) is 4.08. The molecule has 96 valence electrons. The largest absolute Gasteiger partial charge is 0.278 e. The molecule has 1 N–H and O–H groups in total. The van der Waals surface area contributed by atoms with Gasteiger partial charge in [0, 0.05) is 10.6 Å². The molecule has 2 rings (SSSR count). The monoisotopic (exact) mass is 291 g/mol. The van der Waals surface area contributed by atoms with Crippen LogP contribution in [0, 0.1) is 12.3 Å². The zero-order valence-electron chi connectivity index (χ0n) is 9.80. The zero-order chi connectivity index (χ0) is 13.9. The van der Waals surface area contributed by atoms with Crippen LogP contribution in [0.15, 0.2) is 53.4 Å². The van der Waals surface area contributed by atoms with Crippen LogP contribution in [0.1, 0.15) is 5.56 Å². The van der Waals surface area contributed by atoms with Crippen LogP contribution in [0.4, 0.5) is 5.69 Å². The molecule has 0 saturated carbocycles. The first-order valence-corrected chi connectivity index (χ1v) is 7.23. The van der Waals surface area contributed by atoms with Crippen molar-refractivity contribution in [3.63, 3.8) is 0 Å². The van der Waals surface area contributed by atoms with E-state index in [0.29, 0.717) is 16.3 Å². The molecule has 0 aliphatic rings. The van der Waals surface area contributed by atoms with Crippen LogP contribution in [0.3, 0.4) is 0 Å². The van der Waals surface area contributed by atoms with Gasteiger partial charge in [-0.2, -0.15) is 0 Å². The molecule has 0 fully saturated rings. The van der Waals surface area contributed by atoms with Crippen molar-refractivity contribution < 1.29 is 8.42 Å². The average Bonchev–Trinajstić information content (AvgIpc) is 2.39. The van der Waals surface area contributed by atoms with Crippen molar-refractivity contribution in [1.82, 2.24) is 0 Å². The second kappa shape index (κ2) is 5.35. The molecule has 0 heterocycles. The number of benzene rings is 2. The molecule has 0 saturated heterocycles. The Bertz CT molecular complexity index is 731. The summed E-state index contributed by atoms with van der Waals surface area (Å²) in [5.74, 6) is 2.43. The molecule has 0 spiro atoms. The third-order valence-electron chi connectivity index (χ3n) is 2.45. The highest BCUT2D eigenvalue weighted by Crippen LogP contribution is 2.20. The lowest BCUT2D eigenvalue weighted by Crippen LogP contribution is -2.13. The van der Waals surface area contributed by atoms with Gasteiger partial charge in [-0.25, -0.2) is 8.42 Å². The number of sulfonamides is 1. The highest BCUT2D eigenvalue weighted by atomic mass is 35.5. The lowest BCUT2D eigenvalue weighted by atomic mass is 10.2. The van der Waals surface area contributed by atoms with Crippen LogP contribution < -0.4 is 4.72 Å². The number of nitrogens with one attached hydrogen (secondary N) is 1. The lowest BCUT2D eigenvalue weighted by Gasteiger charge is -2.09. The van der Waals surface area contributed by atoms with Crippen LogP contribution in [-0.2, 0) is 10.0 Å². The topological polar surface area (TPSA) is 46.2 Å². The number of hydrogen-bond acceptors (Lipinski definition) is 2. The number of halogens is 1. The minimum atomic E-state index is -3.67. The second-order valence-corrected chi connectivity index (χ2v) is 5.87. The van der Waals surface area contributed by atoms with Gasteiger partial charge in [0.2, 0.25) is 0 Å². The van der Waals surface area contributed by atoms with Crippen molar-refractivity contribution in [2.75, 3.05) is 4.72 Å². The maximum atomic E-state index is 12.2. The molecular weight excluding hydrogens is 282 g/mol. The second-order valence-electron chi connectivity index (χ2n) is 3.75. The Kier molecular flexibility index (Phi) is 3.79. The van der Waals surface area contributed by atoms with Crippen molar-refractivity contribution in [2.24, 2.45) is 0 Å². The first kappa shape index (κ1) is 13.5. The van der Waals surface area contributed by atoms with Gasteiger partial charge >= 0.3 is 0 Å². The van der Waals surface area contributed by atoms with E-state index in [1.165, 1.54) is 24.3 Å². The fourth-order valence-electron chi connectivity index (χ4n) is 1.52. The Labute approximate surface area is 117 Å². The van der Waals surface area contributed by atoms with Gasteiger partial charge in [0.1, 0.15) is 0 Å². The van der Waals surface area contributed by atoms with Crippen molar-refractivity contribution in [3.8, 4) is 12.3 Å². The van der Waals surface area contributed by atoms with E-state index in [4.69, 9.17) is 18.0 Å². The smallest absolute Gasteiger partial charge is 0.261 e. The normalized spacial score (nSPS) is 10.7. The van der Waals surface area contributed by atoms with Crippen molar-refractivity contribution in [3.05, 3.63) is 59.1 Å². The van der Waals surface area contributed by atoms with Crippen LogP contribution in [0.2, 0.25) is 5.02 Å². The molecule has 2 aromatic carbocycles. The molecule has 0 atom stereocenters. The van der Waals surface area contributed by atoms with Crippen molar-refractivity contribution in [2.45, 2.75) is 4.90 Å². The summed E-state index contributed by atoms with van der Waals surface area (Å²) in [6.07, 6.45) is 5.33. The van der Waals surface area contributed by atoms with E-state index in [1.54, 1.807) is 24.3 Å². The van der Waals surface area contributed by atoms with E-state index in [1.807, 2.05) is 0 Å². The van der Waals surface area contributed by atoms with Gasteiger partial charge < -0.3 is 0 Å². The SMILES string of the molecule is C#Cc1ccccc1NS(=O)(=O)c1ccc(Cl)cc1. The number of terminal acetylenes is 1. The Balaban J connectivity index is 2.37. The number of para-hydroxylation sites is 1. The third kappa shape index (κ3) is 3.08. The summed E-state index contributed by atoms with van der Waals surface area (Å²) in [5.41, 5.74) is 0.861. The fraction of sp³-hybridized carbons (Fsp3) is 0. The van der Waals surface area contributed by atoms with Gasteiger partial charge in [-0.15, -0.1) is 6.42 Å². The fourth-order valence-corrected chi connectivity index (χ4v) is 2.72. The average molecular weight is 292 g/mol. The highest BCUT2D eigenvalue weighted by Gasteiger charge is 2.15. The summed E-state index contributed by atoms with van der Waals surface area (Å²) >= 11 is 5.73. The Morgan fingerprint density at radius 2 is 1.68 bits per heavy atom. The molecule has 0 aromatic heterocycles. The first-order valence-electron chi connectivity index (χ1n) is 5.37. The number of anilines is 1. The molecule has 0 unspecified atom stereocenters. The molecular formula is C14H10ClNO2S. The molecule has 0 bridgehead atoms. The van der Waals surface area contributed by atoms with Crippen molar-refractivity contribution in [1.29, 1.82) is 0 Å². The van der Waals surface area contributed by atoms with Crippen LogP contribution in [-0.4, -0.2) is 8.42 Å². The standard InChI is InChI=1S/C14H10ClNO2S/c1-2-11-5-3-4-6-14(11)16-19(17,18)13-9-7-12(15)8-10-13/h1,3-10,16H. The van der Waals surface area contributed by atoms with Gasteiger partial charge in [-0.05, 0) is 36.4 Å². The van der Waals surface area contributed by atoms with Crippen molar-refractivity contribution >= 4 is 27.3 Å². The van der Waals surface area contributed by atoms with E-state index in [-0.39, 0.29) is 4.90 Å². The van der Waals surface area contributed by atoms with E-state index in [9.17, 15) is 8.42 Å². The summed E-state index contributed by atoms with van der Waals surface area (Å²) in [5, 5.41) is 0.475. The Morgan fingerprint density at radius 3 is 2.32 bits per heavy atom. The van der Waals surface area contributed by atoms with Crippen LogP contribution in [0.25, 0.3) is 0 Å². The van der Waals surface area contributed by atoms with Gasteiger partial charge in [0.15, 0.2) is 0 Å². The molecule has 0 aliphatic carbocycles. The summed E-state index contributed by atoms with van der Waals surface area (Å²) in [4.78, 5) is 0.128. The van der Waals surface area contributed by atoms with E-state index < -0.39 is 10.0 Å². The lowest BCUT2D eigenvalue weighted by molar-refractivity contribution is 0.601. The minimum absolute atomic E-state index is 0.128. The minimum Gasteiger partial charge on any atom is -0.278 e. The summed E-state index contributed by atoms with van der Waals surface area (Å²) in [7, 11) is -3.67. The Hall–Kier alpha value is -1.96. The molecule has 0 aliphatic heterocycles. The molecule has 5 heteroatoms. The predicted molar refractivity (Wildman–Crippen MR) is 76.6 cm³/mol. The van der Waals surface area contributed by atoms with Crippen LogP contribution >= 0.6 is 11.6 Å². The van der Waals surface area contributed by atoms with E-state index >= 15 is 0 Å². The van der Waals surface area contributed by atoms with Gasteiger partial charge in [0.05, 0.1) is 10.6 Å². The summed E-state index contributed by atoms with van der Waals surface area (Å²) < 4.78 is 26.8. The Morgan fingerprint density at radius 1 is 1.05 bits per heavy atom. The zero-order valence-corrected chi connectivity index (χ0v) is 11.4. The quantitative estimate of drug-likeness (QED) is 0.883. The van der Waals surface area contributed by atoms with Gasteiger partial charge in [0.25, 0.3) is 10.0 Å². The predicted octanol–water partition coefficient (Wildman–Crippen LogP) is 3.12. The summed E-state index contributed by atoms with van der Waals surface area (Å²) in [6, 6.07) is 12.6. The highest BCUT2D eigenvalue weighted by molar-refractivity contribution is 7.92. The van der Waals surface area contributed by atoms with Gasteiger partial charge in [-0.1, -0.05) is 29.7 Å². The molecule has 3 nitrogen and oxygen atoms in total. The molecule has 19 heavy (non-hydrogen) atoms. The molecule has 2 aromatic rings. The number of rotatable bonds is 3. The van der Waals surface area contributed by atoms with E-state index in [2.05, 4.69) is 10.6 Å². The molecule has 0 radical (unpaired) electrons. The first-order chi connectivity index (χ1) is 9.03. The number of hydrogen-bond donors (Lipinski definition) is 1. The summed E-state index contributed by atoms with van der Waals surface area (Å²) in [6.45, 7) is 0. The maximum Gasteiger partial charge on any atom is 0.261 e. The van der Waals surface area contributed by atoms with E-state index in [0.717, 1.165) is 0 Å². The molecule has 0 amide bonds.